The Morgan fingerprint density at radius 2 is 0.800 bits per heavy atom. The molecular weight excluding hydrogens is 727 g/mol. The number of hydrogen-bond acceptors (Lipinski definition) is 4. The van der Waals surface area contributed by atoms with Crippen LogP contribution in [0.25, 0.3) is 10.6 Å². The van der Waals surface area contributed by atoms with Gasteiger partial charge in [-0.05, 0) is 56.8 Å². The first-order valence-electron chi connectivity index (χ1n) is 19.3. The second-order valence-corrected chi connectivity index (χ2v) is 18.4. The zero-order valence-corrected chi connectivity index (χ0v) is 36.7. The molecule has 0 atom stereocenters. The van der Waals surface area contributed by atoms with Crippen LogP contribution in [-0.2, 0) is 38.2 Å². The van der Waals surface area contributed by atoms with Gasteiger partial charge in [0.2, 0.25) is 0 Å². The van der Waals surface area contributed by atoms with Crippen molar-refractivity contribution in [1.29, 1.82) is 0 Å². The fourth-order valence-electron chi connectivity index (χ4n) is 6.02. The molecule has 0 bridgehead atoms. The first-order valence-corrected chi connectivity index (χ1v) is 19.3. The Morgan fingerprint density at radius 1 is 0.491 bits per heavy atom. The zero-order valence-electron chi connectivity index (χ0n) is 35.7. The fraction of sp³-hybridized carbons (Fsp3) is 0.458. The number of phenolic OH excluding ortho intramolecular Hbond substituents is 2. The molecule has 4 rings (SSSR count). The molecule has 0 saturated carbocycles. The SMILES string of the molecule is CCCC(=O)c1ccccc1[N-]c1cc(C(C)(C)C)cc(C(C)(C)C)c1O.CCCC(=O)c1ccccc1[N-]c1cc(C(C)(C)C)cc(C(C)(C)C)c1O.[Ni+2]. The summed E-state index contributed by atoms with van der Waals surface area (Å²) in [6, 6.07) is 22.8. The van der Waals surface area contributed by atoms with Crippen LogP contribution in [0.2, 0.25) is 0 Å². The topological polar surface area (TPSA) is 103 Å². The van der Waals surface area contributed by atoms with E-state index in [1.165, 1.54) is 0 Å². The first kappa shape index (κ1) is 47.1. The van der Waals surface area contributed by atoms with Crippen LogP contribution in [0, 0.1) is 0 Å². The number of carbonyl (C=O) groups excluding carboxylic acids is 2. The maximum Gasteiger partial charge on any atom is 2.00 e. The molecule has 0 fully saturated rings. The number of ketones is 2. The summed E-state index contributed by atoms with van der Waals surface area (Å²) < 4.78 is 0. The Hall–Kier alpha value is -4.09. The average molecular weight is 792 g/mol. The van der Waals surface area contributed by atoms with Gasteiger partial charge in [-0.25, -0.2) is 0 Å². The third-order valence-corrected chi connectivity index (χ3v) is 9.37. The van der Waals surface area contributed by atoms with E-state index in [4.69, 9.17) is 10.6 Å². The molecule has 0 heterocycles. The maximum absolute atomic E-state index is 12.5. The summed E-state index contributed by atoms with van der Waals surface area (Å²) in [5, 5.41) is 31.3. The van der Waals surface area contributed by atoms with Crippen molar-refractivity contribution in [2.75, 3.05) is 0 Å². The molecule has 0 aliphatic heterocycles. The number of nitrogens with zero attached hydrogens (tertiary/aromatic N) is 2. The van der Waals surface area contributed by atoms with Crippen molar-refractivity contribution in [1.82, 2.24) is 0 Å². The van der Waals surface area contributed by atoms with Crippen LogP contribution in [0.15, 0.2) is 72.8 Å². The minimum atomic E-state index is -0.215. The summed E-state index contributed by atoms with van der Waals surface area (Å²) >= 11 is 0. The normalized spacial score (nSPS) is 11.9. The van der Waals surface area contributed by atoms with Crippen LogP contribution >= 0.6 is 0 Å². The van der Waals surface area contributed by atoms with Gasteiger partial charge in [-0.2, -0.15) is 0 Å². The quantitative estimate of drug-likeness (QED) is 0.123. The van der Waals surface area contributed by atoms with Crippen molar-refractivity contribution in [3.8, 4) is 11.5 Å². The summed E-state index contributed by atoms with van der Waals surface area (Å²) in [5.74, 6) is 0.542. The van der Waals surface area contributed by atoms with Gasteiger partial charge in [-0.15, -0.1) is 11.4 Å². The van der Waals surface area contributed by atoms with Crippen LogP contribution in [0.5, 0.6) is 11.5 Å². The fourth-order valence-corrected chi connectivity index (χ4v) is 6.02. The Labute approximate surface area is 341 Å². The molecule has 0 saturated heterocycles. The van der Waals surface area contributed by atoms with E-state index in [0.29, 0.717) is 46.7 Å². The van der Waals surface area contributed by atoms with Gasteiger partial charge >= 0.3 is 16.5 Å². The van der Waals surface area contributed by atoms with E-state index in [2.05, 4.69) is 95.2 Å². The number of carbonyl (C=O) groups is 2. The molecule has 55 heavy (non-hydrogen) atoms. The summed E-state index contributed by atoms with van der Waals surface area (Å²) in [6.45, 7) is 29.3. The monoisotopic (exact) mass is 790 g/mol. The average Bonchev–Trinajstić information content (AvgIpc) is 3.05. The smallest absolute Gasteiger partial charge is 0.654 e. The summed E-state index contributed by atoms with van der Waals surface area (Å²) in [7, 11) is 0. The van der Waals surface area contributed by atoms with Gasteiger partial charge in [0.1, 0.15) is 11.5 Å². The van der Waals surface area contributed by atoms with E-state index < -0.39 is 0 Å². The third-order valence-electron chi connectivity index (χ3n) is 9.37. The molecule has 4 aromatic rings. The van der Waals surface area contributed by atoms with Gasteiger partial charge in [0, 0.05) is 24.0 Å². The van der Waals surface area contributed by atoms with E-state index in [0.717, 1.165) is 35.1 Å². The number of phenols is 2. The van der Waals surface area contributed by atoms with Crippen molar-refractivity contribution in [2.24, 2.45) is 0 Å². The van der Waals surface area contributed by atoms with Crippen molar-refractivity contribution in [3.63, 3.8) is 0 Å². The van der Waals surface area contributed by atoms with Gasteiger partial charge < -0.3 is 20.8 Å². The van der Waals surface area contributed by atoms with Crippen LogP contribution in [-0.4, -0.2) is 21.8 Å². The Kier molecular flexibility index (Phi) is 16.0. The molecule has 7 heteroatoms. The summed E-state index contributed by atoms with van der Waals surface area (Å²) in [5.41, 5.74) is 6.85. The number of aromatic hydroxyl groups is 2. The van der Waals surface area contributed by atoms with Gasteiger partial charge in [-0.3, -0.25) is 9.59 Å². The van der Waals surface area contributed by atoms with Crippen molar-refractivity contribution < 1.29 is 36.3 Å². The maximum atomic E-state index is 12.5. The Balaban J connectivity index is 0.000000373. The molecule has 0 aromatic heterocycles. The largest absolute Gasteiger partial charge is 2.00 e. The van der Waals surface area contributed by atoms with Crippen LogP contribution in [0.1, 0.15) is 166 Å². The molecular formula is C48H64N2NiO4. The van der Waals surface area contributed by atoms with Crippen molar-refractivity contribution in [3.05, 3.63) is 117 Å². The molecule has 0 radical (unpaired) electrons. The Bertz CT molecular complexity index is 1790. The number of Topliss-reactive ketones (excluding diaryl/α,β-unsaturated/α-hetero) is 2. The van der Waals surface area contributed by atoms with Crippen molar-refractivity contribution in [2.45, 2.75) is 144 Å². The predicted molar refractivity (Wildman–Crippen MR) is 228 cm³/mol. The van der Waals surface area contributed by atoms with E-state index in [1.807, 2.05) is 74.5 Å². The van der Waals surface area contributed by atoms with E-state index in [1.54, 1.807) is 0 Å². The van der Waals surface area contributed by atoms with Gasteiger partial charge in [0.25, 0.3) is 0 Å². The minimum absolute atomic E-state index is 0. The number of rotatable bonds is 10. The molecule has 0 spiro atoms. The number of hydrogen-bond donors (Lipinski definition) is 2. The predicted octanol–water partition coefficient (Wildman–Crippen LogP) is 14.6. The van der Waals surface area contributed by atoms with E-state index >= 15 is 0 Å². The van der Waals surface area contributed by atoms with Gasteiger partial charge in [0.15, 0.2) is 11.6 Å². The zero-order chi connectivity index (χ0) is 40.8. The Morgan fingerprint density at radius 3 is 1.07 bits per heavy atom. The van der Waals surface area contributed by atoms with Gasteiger partial charge in [-0.1, -0.05) is 181 Å². The molecule has 0 unspecified atom stereocenters. The van der Waals surface area contributed by atoms with E-state index in [9.17, 15) is 19.8 Å². The third kappa shape index (κ3) is 12.5. The molecule has 0 aliphatic rings. The van der Waals surface area contributed by atoms with Crippen LogP contribution < -0.4 is 0 Å². The summed E-state index contributed by atoms with van der Waals surface area (Å²) in [4.78, 5) is 24.9. The standard InChI is InChI=1S/2C24H33NO2.Ni/c2*1-8-11-21(26)17-12-9-10-13-19(17)25-20-15-16(23(2,3)4)14-18(22(20)27)24(5,6)7;/h2*9-10,12-15H,8,11H2,1-7H3,(H2,25,26,27);/q;;+2/p-2. The number of para-hydroxylation sites is 2. The molecule has 2 N–H and O–H groups in total. The molecule has 0 amide bonds. The van der Waals surface area contributed by atoms with Crippen molar-refractivity contribution >= 4 is 34.3 Å². The molecule has 0 aliphatic carbocycles. The molecule has 6 nitrogen and oxygen atoms in total. The second kappa shape index (κ2) is 18.7. The summed E-state index contributed by atoms with van der Waals surface area (Å²) in [6.07, 6.45) is 2.58. The molecule has 300 valence electrons. The van der Waals surface area contributed by atoms with Gasteiger partial charge in [0.05, 0.1) is 0 Å². The second-order valence-electron chi connectivity index (χ2n) is 18.4. The number of benzene rings is 4. The first-order chi connectivity index (χ1) is 24.9. The minimum Gasteiger partial charge on any atom is -0.654 e. The van der Waals surface area contributed by atoms with E-state index in [-0.39, 0.29) is 61.2 Å². The van der Waals surface area contributed by atoms with Crippen LogP contribution in [0.3, 0.4) is 0 Å². The van der Waals surface area contributed by atoms with Crippen LogP contribution in [0.4, 0.5) is 22.7 Å². The molecule has 4 aromatic carbocycles.